The molecule has 0 bridgehead atoms. The molecule has 3 aromatic rings. The summed E-state index contributed by atoms with van der Waals surface area (Å²) in [6.45, 7) is 0.299. The first-order valence-corrected chi connectivity index (χ1v) is 8.97. The summed E-state index contributed by atoms with van der Waals surface area (Å²) in [5.74, 6) is 0.850. The van der Waals surface area contributed by atoms with E-state index in [0.29, 0.717) is 35.3 Å². The average molecular weight is 394 g/mol. The number of carbonyl (C=O) groups is 1. The van der Waals surface area contributed by atoms with Crippen LogP contribution < -0.4 is 15.4 Å². The summed E-state index contributed by atoms with van der Waals surface area (Å²) in [6.07, 6.45) is 0. The van der Waals surface area contributed by atoms with Crippen LogP contribution in [0.3, 0.4) is 0 Å². The van der Waals surface area contributed by atoms with Gasteiger partial charge in [-0.1, -0.05) is 30.3 Å². The van der Waals surface area contributed by atoms with Gasteiger partial charge in [0.15, 0.2) is 0 Å². The molecule has 2 aromatic carbocycles. The number of aliphatic hydroxyl groups excluding tert-OH is 1. The van der Waals surface area contributed by atoms with E-state index < -0.39 is 5.97 Å². The van der Waals surface area contributed by atoms with Gasteiger partial charge in [0.2, 0.25) is 5.95 Å². The van der Waals surface area contributed by atoms with Crippen LogP contribution in [0.15, 0.2) is 54.6 Å². The van der Waals surface area contributed by atoms with Gasteiger partial charge < -0.3 is 25.2 Å². The topological polar surface area (TPSA) is 106 Å². The normalized spacial score (nSPS) is 10.3. The molecule has 0 aliphatic carbocycles. The van der Waals surface area contributed by atoms with Gasteiger partial charge in [0, 0.05) is 29.9 Å². The number of hydrogen-bond donors (Lipinski definition) is 3. The fourth-order valence-electron chi connectivity index (χ4n) is 2.71. The summed E-state index contributed by atoms with van der Waals surface area (Å²) in [7, 11) is 2.81. The Bertz CT molecular complexity index is 980. The predicted molar refractivity (Wildman–Crippen MR) is 111 cm³/mol. The van der Waals surface area contributed by atoms with Gasteiger partial charge in [-0.15, -0.1) is 0 Å². The fourth-order valence-corrected chi connectivity index (χ4v) is 2.71. The van der Waals surface area contributed by atoms with Gasteiger partial charge in [-0.05, 0) is 12.1 Å². The molecule has 3 N–H and O–H groups in total. The monoisotopic (exact) mass is 394 g/mol. The molecule has 0 amide bonds. The minimum atomic E-state index is -0.475. The zero-order chi connectivity index (χ0) is 20.6. The third-order valence-corrected chi connectivity index (χ3v) is 4.07. The first-order chi connectivity index (χ1) is 14.1. The van der Waals surface area contributed by atoms with Crippen LogP contribution in [-0.4, -0.2) is 48.4 Å². The Morgan fingerprint density at radius 3 is 2.55 bits per heavy atom. The number of rotatable bonds is 8. The minimum absolute atomic E-state index is 0.0339. The SMILES string of the molecule is COC(=O)c1ccc(Nc2cc(-c3ccccc3)nc(NCCO)n2)cc1OC. The molecule has 8 nitrogen and oxygen atoms in total. The number of nitrogens with zero attached hydrogens (tertiary/aromatic N) is 2. The zero-order valence-electron chi connectivity index (χ0n) is 16.2. The van der Waals surface area contributed by atoms with E-state index in [1.54, 1.807) is 18.2 Å². The summed E-state index contributed by atoms with van der Waals surface area (Å²) >= 11 is 0. The molecule has 0 aliphatic rings. The standard InChI is InChI=1S/C21H22N4O4/c1-28-18-12-15(8-9-16(18)20(27)29-2)23-19-13-17(14-6-4-3-5-7-14)24-21(25-19)22-10-11-26/h3-9,12-13,26H,10-11H2,1-2H3,(H2,22,23,24,25). The average Bonchev–Trinajstić information content (AvgIpc) is 2.77. The van der Waals surface area contributed by atoms with Crippen molar-refractivity contribution in [3.05, 3.63) is 60.2 Å². The van der Waals surface area contributed by atoms with Crippen molar-refractivity contribution in [3.8, 4) is 17.0 Å². The van der Waals surface area contributed by atoms with E-state index in [1.165, 1.54) is 14.2 Å². The van der Waals surface area contributed by atoms with E-state index in [1.807, 2.05) is 36.4 Å². The van der Waals surface area contributed by atoms with E-state index in [0.717, 1.165) is 11.3 Å². The molecular formula is C21H22N4O4. The van der Waals surface area contributed by atoms with Gasteiger partial charge in [0.1, 0.15) is 17.1 Å². The smallest absolute Gasteiger partial charge is 0.341 e. The van der Waals surface area contributed by atoms with Crippen molar-refractivity contribution >= 4 is 23.4 Å². The number of aliphatic hydroxyl groups is 1. The Hall–Kier alpha value is -3.65. The number of nitrogens with one attached hydrogen (secondary N) is 2. The van der Waals surface area contributed by atoms with Crippen molar-refractivity contribution in [2.24, 2.45) is 0 Å². The van der Waals surface area contributed by atoms with E-state index in [9.17, 15) is 4.79 Å². The van der Waals surface area contributed by atoms with Crippen LogP contribution in [0.1, 0.15) is 10.4 Å². The van der Waals surface area contributed by atoms with E-state index in [2.05, 4.69) is 20.6 Å². The number of carbonyl (C=O) groups excluding carboxylic acids is 1. The quantitative estimate of drug-likeness (QED) is 0.501. The van der Waals surface area contributed by atoms with Gasteiger partial charge in [0.05, 0.1) is 26.5 Å². The molecular weight excluding hydrogens is 372 g/mol. The number of anilines is 3. The molecule has 29 heavy (non-hydrogen) atoms. The summed E-state index contributed by atoms with van der Waals surface area (Å²) in [5, 5.41) is 15.3. The van der Waals surface area contributed by atoms with E-state index in [-0.39, 0.29) is 6.61 Å². The fraction of sp³-hybridized carbons (Fsp3) is 0.190. The molecule has 8 heteroatoms. The summed E-state index contributed by atoms with van der Waals surface area (Å²) in [4.78, 5) is 20.8. The first-order valence-electron chi connectivity index (χ1n) is 8.97. The largest absolute Gasteiger partial charge is 0.496 e. The summed E-state index contributed by atoms with van der Waals surface area (Å²) in [6, 6.07) is 16.6. The molecule has 150 valence electrons. The molecule has 3 rings (SSSR count). The lowest BCUT2D eigenvalue weighted by Gasteiger charge is -2.13. The Morgan fingerprint density at radius 2 is 1.86 bits per heavy atom. The zero-order valence-corrected chi connectivity index (χ0v) is 16.2. The van der Waals surface area contributed by atoms with Crippen LogP contribution in [0.25, 0.3) is 11.3 Å². The number of hydrogen-bond acceptors (Lipinski definition) is 8. The maximum atomic E-state index is 11.8. The van der Waals surface area contributed by atoms with E-state index in [4.69, 9.17) is 14.6 Å². The van der Waals surface area contributed by atoms with Crippen molar-refractivity contribution in [1.29, 1.82) is 0 Å². The van der Waals surface area contributed by atoms with Crippen LogP contribution >= 0.6 is 0 Å². The number of ether oxygens (including phenoxy) is 2. The minimum Gasteiger partial charge on any atom is -0.496 e. The number of aromatic nitrogens is 2. The van der Waals surface area contributed by atoms with Crippen LogP contribution in [0.2, 0.25) is 0 Å². The lowest BCUT2D eigenvalue weighted by atomic mass is 10.1. The third kappa shape index (κ3) is 4.99. The van der Waals surface area contributed by atoms with Crippen LogP contribution in [-0.2, 0) is 4.74 Å². The molecule has 0 spiro atoms. The Balaban J connectivity index is 1.94. The molecule has 1 heterocycles. The molecule has 0 fully saturated rings. The summed E-state index contributed by atoms with van der Waals surface area (Å²) < 4.78 is 10.1. The highest BCUT2D eigenvalue weighted by atomic mass is 16.5. The molecule has 0 radical (unpaired) electrons. The highest BCUT2D eigenvalue weighted by molar-refractivity contribution is 5.93. The molecule has 0 aliphatic heterocycles. The molecule has 0 saturated carbocycles. The van der Waals surface area contributed by atoms with Gasteiger partial charge in [-0.2, -0.15) is 4.98 Å². The van der Waals surface area contributed by atoms with Crippen LogP contribution in [0.4, 0.5) is 17.5 Å². The van der Waals surface area contributed by atoms with Crippen molar-refractivity contribution < 1.29 is 19.4 Å². The molecule has 1 aromatic heterocycles. The number of esters is 1. The van der Waals surface area contributed by atoms with Crippen LogP contribution in [0.5, 0.6) is 5.75 Å². The molecule has 0 saturated heterocycles. The Morgan fingerprint density at radius 1 is 1.07 bits per heavy atom. The number of benzene rings is 2. The Labute approximate surface area is 168 Å². The van der Waals surface area contributed by atoms with E-state index >= 15 is 0 Å². The lowest BCUT2D eigenvalue weighted by molar-refractivity contribution is 0.0597. The second kappa shape index (κ2) is 9.52. The van der Waals surface area contributed by atoms with Crippen molar-refractivity contribution in [3.63, 3.8) is 0 Å². The van der Waals surface area contributed by atoms with Crippen molar-refractivity contribution in [2.45, 2.75) is 0 Å². The van der Waals surface area contributed by atoms with Crippen molar-refractivity contribution in [2.75, 3.05) is 38.0 Å². The number of methoxy groups -OCH3 is 2. The maximum Gasteiger partial charge on any atom is 0.341 e. The van der Waals surface area contributed by atoms with Gasteiger partial charge in [-0.25, -0.2) is 9.78 Å². The Kier molecular flexibility index (Phi) is 6.59. The van der Waals surface area contributed by atoms with Gasteiger partial charge in [-0.3, -0.25) is 0 Å². The van der Waals surface area contributed by atoms with Crippen molar-refractivity contribution in [1.82, 2.24) is 9.97 Å². The predicted octanol–water partition coefficient (Wildman–Crippen LogP) is 3.09. The molecule has 0 atom stereocenters. The second-order valence-electron chi connectivity index (χ2n) is 6.01. The van der Waals surface area contributed by atoms with Gasteiger partial charge in [0.25, 0.3) is 0 Å². The van der Waals surface area contributed by atoms with Gasteiger partial charge >= 0.3 is 5.97 Å². The second-order valence-corrected chi connectivity index (χ2v) is 6.01. The maximum absolute atomic E-state index is 11.8. The summed E-state index contributed by atoms with van der Waals surface area (Å²) in [5.41, 5.74) is 2.67. The highest BCUT2D eigenvalue weighted by Gasteiger charge is 2.14. The first kappa shape index (κ1) is 20.1. The third-order valence-electron chi connectivity index (χ3n) is 4.07. The molecule has 0 unspecified atom stereocenters. The highest BCUT2D eigenvalue weighted by Crippen LogP contribution is 2.27. The van der Waals surface area contributed by atoms with Crippen LogP contribution in [0, 0.1) is 0 Å². The lowest BCUT2D eigenvalue weighted by Crippen LogP contribution is -2.10.